The van der Waals surface area contributed by atoms with Crippen LogP contribution in [-0.2, 0) is 4.84 Å². The Balaban J connectivity index is 1.86. The maximum Gasteiger partial charge on any atom is 0.201 e. The number of fused-ring (bicyclic) bond motifs is 1. The first-order valence-electron chi connectivity index (χ1n) is 8.59. The minimum Gasteiger partial charge on any atom is -0.399 e. The second-order valence-electron chi connectivity index (χ2n) is 6.88. The highest BCUT2D eigenvalue weighted by Gasteiger charge is 2.31. The first-order valence-corrected chi connectivity index (χ1v) is 8.59. The van der Waals surface area contributed by atoms with Crippen LogP contribution in [0.1, 0.15) is 36.2 Å². The zero-order valence-corrected chi connectivity index (χ0v) is 14.6. The monoisotopic (exact) mass is 358 g/mol. The summed E-state index contributed by atoms with van der Waals surface area (Å²) in [5.41, 5.74) is 0.790. The van der Waals surface area contributed by atoms with Gasteiger partial charge in [-0.25, -0.2) is 9.37 Å². The summed E-state index contributed by atoms with van der Waals surface area (Å²) in [5, 5.41) is 4.14. The molecule has 4 rings (SSSR count). The molecular weight excluding hydrogens is 339 g/mol. The molecule has 1 atom stereocenters. The highest BCUT2D eigenvalue weighted by atomic mass is 19.1. The smallest absolute Gasteiger partial charge is 0.201 e. The SMILES string of the molecule is CO/N=C1\CN(c2nc3c(cc2F)c(=O)c(C=O)cn3C2CC2)CC1C. The van der Waals surface area contributed by atoms with E-state index >= 15 is 0 Å². The molecule has 0 radical (unpaired) electrons. The van der Waals surface area contributed by atoms with Crippen molar-refractivity contribution in [1.82, 2.24) is 9.55 Å². The largest absolute Gasteiger partial charge is 0.399 e. The van der Waals surface area contributed by atoms with Gasteiger partial charge in [0.05, 0.1) is 23.2 Å². The Morgan fingerprint density at radius 2 is 2.19 bits per heavy atom. The molecule has 0 spiro atoms. The van der Waals surface area contributed by atoms with Gasteiger partial charge in [-0.15, -0.1) is 0 Å². The van der Waals surface area contributed by atoms with Crippen LogP contribution in [0.5, 0.6) is 0 Å². The molecule has 2 fully saturated rings. The number of aldehydes is 1. The number of hydrogen-bond donors (Lipinski definition) is 0. The summed E-state index contributed by atoms with van der Waals surface area (Å²) in [6, 6.07) is 1.40. The maximum absolute atomic E-state index is 14.8. The average Bonchev–Trinajstić information content (AvgIpc) is 3.40. The van der Waals surface area contributed by atoms with E-state index in [1.807, 2.05) is 11.5 Å². The third-order valence-corrected chi connectivity index (χ3v) is 4.96. The number of oxime groups is 1. The van der Waals surface area contributed by atoms with E-state index in [1.54, 1.807) is 4.90 Å². The molecule has 1 saturated heterocycles. The average molecular weight is 358 g/mol. The molecule has 1 unspecified atom stereocenters. The molecule has 0 bridgehead atoms. The van der Waals surface area contributed by atoms with Crippen molar-refractivity contribution in [3.63, 3.8) is 0 Å². The van der Waals surface area contributed by atoms with Crippen molar-refractivity contribution in [1.29, 1.82) is 0 Å². The van der Waals surface area contributed by atoms with Crippen LogP contribution in [0.4, 0.5) is 10.2 Å². The van der Waals surface area contributed by atoms with Crippen LogP contribution in [0.3, 0.4) is 0 Å². The molecule has 2 aromatic heterocycles. The lowest BCUT2D eigenvalue weighted by Crippen LogP contribution is -2.24. The zero-order valence-electron chi connectivity index (χ0n) is 14.6. The molecule has 3 heterocycles. The number of nitrogens with zero attached hydrogens (tertiary/aromatic N) is 4. The number of carbonyl (C=O) groups excluding carboxylic acids is 1. The van der Waals surface area contributed by atoms with E-state index < -0.39 is 11.2 Å². The molecule has 1 saturated carbocycles. The van der Waals surface area contributed by atoms with E-state index in [4.69, 9.17) is 4.84 Å². The van der Waals surface area contributed by atoms with E-state index in [1.165, 1.54) is 19.4 Å². The summed E-state index contributed by atoms with van der Waals surface area (Å²) in [5.74, 6) is -0.265. The van der Waals surface area contributed by atoms with Crippen LogP contribution < -0.4 is 10.3 Å². The quantitative estimate of drug-likeness (QED) is 0.618. The summed E-state index contributed by atoms with van der Waals surface area (Å²) in [6.45, 7) is 2.98. The van der Waals surface area contributed by atoms with Gasteiger partial charge in [-0.2, -0.15) is 0 Å². The molecule has 0 aromatic carbocycles. The van der Waals surface area contributed by atoms with E-state index in [0.717, 1.165) is 18.6 Å². The molecule has 1 aliphatic carbocycles. The topological polar surface area (TPSA) is 76.8 Å². The Morgan fingerprint density at radius 3 is 2.85 bits per heavy atom. The maximum atomic E-state index is 14.8. The van der Waals surface area contributed by atoms with Gasteiger partial charge in [0, 0.05) is 24.7 Å². The van der Waals surface area contributed by atoms with Crippen molar-refractivity contribution >= 4 is 28.8 Å². The number of hydrogen-bond acceptors (Lipinski definition) is 6. The molecule has 7 nitrogen and oxygen atoms in total. The van der Waals surface area contributed by atoms with E-state index in [0.29, 0.717) is 25.0 Å². The van der Waals surface area contributed by atoms with E-state index in [-0.39, 0.29) is 28.7 Å². The van der Waals surface area contributed by atoms with Crippen molar-refractivity contribution in [3.05, 3.63) is 33.9 Å². The molecule has 136 valence electrons. The number of aromatic nitrogens is 2. The molecule has 0 amide bonds. The first kappa shape index (κ1) is 16.7. The molecule has 1 aliphatic heterocycles. The number of anilines is 1. The standard InChI is InChI=1S/C18H19FN4O3/c1-10-6-22(8-15(10)21-26-2)18-14(19)5-13-16(25)11(9-24)7-23(12-3-4-12)17(13)20-18/h5,7,9-10,12H,3-4,6,8H2,1-2H3/b21-15+. The fraction of sp³-hybridized carbons (Fsp3) is 0.444. The Kier molecular flexibility index (Phi) is 3.97. The third kappa shape index (κ3) is 2.65. The minimum atomic E-state index is -0.578. The van der Waals surface area contributed by atoms with Crippen molar-refractivity contribution in [2.75, 3.05) is 25.1 Å². The molecule has 26 heavy (non-hydrogen) atoms. The van der Waals surface area contributed by atoms with E-state index in [2.05, 4.69) is 10.1 Å². The van der Waals surface area contributed by atoms with Gasteiger partial charge in [0.25, 0.3) is 0 Å². The van der Waals surface area contributed by atoms with Gasteiger partial charge >= 0.3 is 0 Å². The second kappa shape index (κ2) is 6.19. The lowest BCUT2D eigenvalue weighted by Gasteiger charge is -2.19. The Hall–Kier alpha value is -2.77. The van der Waals surface area contributed by atoms with Gasteiger partial charge in [-0.1, -0.05) is 12.1 Å². The number of rotatable bonds is 4. The third-order valence-electron chi connectivity index (χ3n) is 4.96. The van der Waals surface area contributed by atoms with Gasteiger partial charge in [-0.3, -0.25) is 9.59 Å². The lowest BCUT2D eigenvalue weighted by atomic mass is 10.1. The normalized spacial score (nSPS) is 21.6. The van der Waals surface area contributed by atoms with Crippen molar-refractivity contribution in [2.24, 2.45) is 11.1 Å². The summed E-state index contributed by atoms with van der Waals surface area (Å²) < 4.78 is 16.6. The fourth-order valence-corrected chi connectivity index (χ4v) is 3.44. The predicted octanol–water partition coefficient (Wildman–Crippen LogP) is 2.14. The second-order valence-corrected chi connectivity index (χ2v) is 6.88. The fourth-order valence-electron chi connectivity index (χ4n) is 3.44. The number of halogens is 1. The summed E-state index contributed by atoms with van der Waals surface area (Å²) in [6.07, 6.45) is 3.96. The van der Waals surface area contributed by atoms with Gasteiger partial charge in [0.1, 0.15) is 12.8 Å². The van der Waals surface area contributed by atoms with Crippen LogP contribution in [0.25, 0.3) is 11.0 Å². The van der Waals surface area contributed by atoms with Crippen molar-refractivity contribution < 1.29 is 14.0 Å². The Bertz CT molecular complexity index is 981. The highest BCUT2D eigenvalue weighted by molar-refractivity contribution is 5.94. The van der Waals surface area contributed by atoms with Crippen LogP contribution in [0.2, 0.25) is 0 Å². The van der Waals surface area contributed by atoms with Crippen LogP contribution in [0, 0.1) is 11.7 Å². The molecule has 0 N–H and O–H groups in total. The van der Waals surface area contributed by atoms with Crippen LogP contribution in [-0.4, -0.2) is 41.7 Å². The van der Waals surface area contributed by atoms with Crippen molar-refractivity contribution in [3.8, 4) is 0 Å². The van der Waals surface area contributed by atoms with Gasteiger partial charge in [0.15, 0.2) is 17.9 Å². The highest BCUT2D eigenvalue weighted by Crippen LogP contribution is 2.37. The number of pyridine rings is 2. The molecular formula is C18H19FN4O3. The van der Waals surface area contributed by atoms with Crippen molar-refractivity contribution in [2.45, 2.75) is 25.8 Å². The number of carbonyl (C=O) groups is 1. The summed E-state index contributed by atoms with van der Waals surface area (Å²) in [7, 11) is 1.48. The van der Waals surface area contributed by atoms with Gasteiger partial charge in [0.2, 0.25) is 5.43 Å². The van der Waals surface area contributed by atoms with Crippen LogP contribution in [0.15, 0.2) is 22.2 Å². The summed E-state index contributed by atoms with van der Waals surface area (Å²) >= 11 is 0. The van der Waals surface area contributed by atoms with Gasteiger partial charge in [-0.05, 0) is 18.9 Å². The van der Waals surface area contributed by atoms with Crippen LogP contribution >= 0.6 is 0 Å². The molecule has 2 aliphatic rings. The van der Waals surface area contributed by atoms with Gasteiger partial charge < -0.3 is 14.3 Å². The minimum absolute atomic E-state index is 0.0302. The first-order chi connectivity index (χ1) is 12.5. The molecule has 2 aromatic rings. The molecule has 8 heteroatoms. The Morgan fingerprint density at radius 1 is 1.42 bits per heavy atom. The van der Waals surface area contributed by atoms with E-state index in [9.17, 15) is 14.0 Å². The Labute approximate surface area is 149 Å². The predicted molar refractivity (Wildman–Crippen MR) is 95.4 cm³/mol. The zero-order chi connectivity index (χ0) is 18.4. The lowest BCUT2D eigenvalue weighted by molar-refractivity contribution is 0.112. The summed E-state index contributed by atoms with van der Waals surface area (Å²) in [4.78, 5) is 34.8.